The quantitative estimate of drug-likeness (QED) is 0.838. The van der Waals surface area contributed by atoms with Crippen molar-refractivity contribution >= 4 is 12.0 Å². The van der Waals surface area contributed by atoms with E-state index in [2.05, 4.69) is 30.1 Å². The lowest BCUT2D eigenvalue weighted by Gasteiger charge is -2.40. The maximum absolute atomic E-state index is 12.1. The van der Waals surface area contributed by atoms with Gasteiger partial charge in [-0.1, -0.05) is 6.07 Å². The summed E-state index contributed by atoms with van der Waals surface area (Å²) >= 11 is 0. The summed E-state index contributed by atoms with van der Waals surface area (Å²) in [6, 6.07) is 6.04. The normalized spacial score (nSPS) is 18.4. The number of fused-ring (bicyclic) bond motifs is 1. The van der Waals surface area contributed by atoms with Crippen molar-refractivity contribution in [2.24, 2.45) is 0 Å². The zero-order chi connectivity index (χ0) is 17.0. The predicted molar refractivity (Wildman–Crippen MR) is 94.2 cm³/mol. The van der Waals surface area contributed by atoms with Crippen molar-refractivity contribution < 1.29 is 14.3 Å². The van der Waals surface area contributed by atoms with Gasteiger partial charge in [-0.25, -0.2) is 0 Å². The van der Waals surface area contributed by atoms with E-state index in [1.807, 2.05) is 18.2 Å². The molecule has 2 heterocycles. The van der Waals surface area contributed by atoms with Gasteiger partial charge in [0.2, 0.25) is 5.91 Å². The van der Waals surface area contributed by atoms with Gasteiger partial charge in [0.1, 0.15) is 5.75 Å². The number of benzene rings is 1. The average molecular weight is 330 g/mol. The summed E-state index contributed by atoms with van der Waals surface area (Å²) in [4.78, 5) is 14.5. The Hall–Kier alpha value is -1.85. The van der Waals surface area contributed by atoms with Crippen molar-refractivity contribution in [1.82, 2.24) is 10.2 Å². The van der Waals surface area contributed by atoms with Crippen LogP contribution in [0.2, 0.25) is 0 Å². The van der Waals surface area contributed by atoms with Crippen LogP contribution >= 0.6 is 0 Å². The Morgan fingerprint density at radius 3 is 2.88 bits per heavy atom. The second-order valence-electron chi connectivity index (χ2n) is 6.93. The highest BCUT2D eigenvalue weighted by atomic mass is 16.5. The van der Waals surface area contributed by atoms with Crippen molar-refractivity contribution in [2.45, 2.75) is 25.8 Å². The molecule has 1 amide bonds. The highest BCUT2D eigenvalue weighted by molar-refractivity contribution is 5.91. The van der Waals surface area contributed by atoms with Crippen molar-refractivity contribution in [3.05, 3.63) is 35.4 Å². The Kier molecular flexibility index (Phi) is 5.21. The summed E-state index contributed by atoms with van der Waals surface area (Å²) < 4.78 is 10.9. The number of hydrogen-bond acceptors (Lipinski definition) is 4. The van der Waals surface area contributed by atoms with E-state index in [0.717, 1.165) is 50.6 Å². The fourth-order valence-corrected chi connectivity index (χ4v) is 3.12. The molecule has 3 rings (SSSR count). The fraction of sp³-hybridized carbons (Fsp3) is 0.526. The third-order valence-corrected chi connectivity index (χ3v) is 4.70. The first-order chi connectivity index (χ1) is 11.5. The van der Waals surface area contributed by atoms with Gasteiger partial charge < -0.3 is 14.8 Å². The van der Waals surface area contributed by atoms with Crippen LogP contribution in [0.25, 0.3) is 6.08 Å². The molecule has 130 valence electrons. The molecule has 24 heavy (non-hydrogen) atoms. The minimum atomic E-state index is -0.0712. The van der Waals surface area contributed by atoms with Gasteiger partial charge in [-0.2, -0.15) is 0 Å². The summed E-state index contributed by atoms with van der Waals surface area (Å²) in [7, 11) is 0. The first-order valence-corrected chi connectivity index (χ1v) is 8.59. The molecule has 0 radical (unpaired) electrons. The van der Waals surface area contributed by atoms with Gasteiger partial charge in [0.05, 0.1) is 19.8 Å². The highest BCUT2D eigenvalue weighted by Gasteiger charge is 2.28. The van der Waals surface area contributed by atoms with E-state index in [4.69, 9.17) is 9.47 Å². The van der Waals surface area contributed by atoms with Crippen molar-refractivity contribution in [3.8, 4) is 5.75 Å². The molecule has 0 bridgehead atoms. The van der Waals surface area contributed by atoms with E-state index >= 15 is 0 Å². The SMILES string of the molecule is CC(C)(CNC(=O)/C=C/c1ccc2c(c1)CCO2)N1CCOCC1. The van der Waals surface area contributed by atoms with Crippen LogP contribution < -0.4 is 10.1 Å². The van der Waals surface area contributed by atoms with E-state index in [9.17, 15) is 4.79 Å². The van der Waals surface area contributed by atoms with E-state index < -0.39 is 0 Å². The lowest BCUT2D eigenvalue weighted by Crippen LogP contribution is -2.55. The summed E-state index contributed by atoms with van der Waals surface area (Å²) in [5.74, 6) is 0.900. The van der Waals surface area contributed by atoms with Crippen LogP contribution in [0.4, 0.5) is 0 Å². The van der Waals surface area contributed by atoms with Crippen LogP contribution in [-0.4, -0.2) is 55.8 Å². The fourth-order valence-electron chi connectivity index (χ4n) is 3.12. The Morgan fingerprint density at radius 1 is 1.29 bits per heavy atom. The van der Waals surface area contributed by atoms with E-state index in [0.29, 0.717) is 6.54 Å². The van der Waals surface area contributed by atoms with Gasteiger partial charge >= 0.3 is 0 Å². The van der Waals surface area contributed by atoms with Crippen LogP contribution in [0.3, 0.4) is 0 Å². The Morgan fingerprint density at radius 2 is 2.08 bits per heavy atom. The van der Waals surface area contributed by atoms with Gasteiger partial charge in [0.15, 0.2) is 0 Å². The Balaban J connectivity index is 1.51. The van der Waals surface area contributed by atoms with E-state index in [1.165, 1.54) is 5.56 Å². The molecule has 0 atom stereocenters. The lowest BCUT2D eigenvalue weighted by atomic mass is 10.0. The zero-order valence-electron chi connectivity index (χ0n) is 14.5. The van der Waals surface area contributed by atoms with E-state index in [1.54, 1.807) is 6.08 Å². The standard InChI is InChI=1S/C19H26N2O3/c1-19(2,21-8-11-23-12-9-21)14-20-18(22)6-4-15-3-5-17-16(13-15)7-10-24-17/h3-6,13H,7-12,14H2,1-2H3,(H,20,22)/b6-4+. The number of carbonyl (C=O) groups excluding carboxylic acids is 1. The molecule has 2 aliphatic heterocycles. The first kappa shape index (κ1) is 17.0. The number of hydrogen-bond donors (Lipinski definition) is 1. The maximum atomic E-state index is 12.1. The lowest BCUT2D eigenvalue weighted by molar-refractivity contribution is -0.117. The van der Waals surface area contributed by atoms with Crippen LogP contribution in [0.1, 0.15) is 25.0 Å². The van der Waals surface area contributed by atoms with Gasteiger partial charge in [-0.3, -0.25) is 9.69 Å². The number of rotatable bonds is 5. The molecule has 5 nitrogen and oxygen atoms in total. The van der Waals surface area contributed by atoms with Crippen molar-refractivity contribution in [1.29, 1.82) is 0 Å². The number of nitrogens with zero attached hydrogens (tertiary/aromatic N) is 1. The first-order valence-electron chi connectivity index (χ1n) is 8.59. The second kappa shape index (κ2) is 7.36. The molecule has 0 spiro atoms. The van der Waals surface area contributed by atoms with Crippen LogP contribution in [0, 0.1) is 0 Å². The molecule has 5 heteroatoms. The predicted octanol–water partition coefficient (Wildman–Crippen LogP) is 1.86. The van der Waals surface area contributed by atoms with Crippen LogP contribution in [-0.2, 0) is 16.0 Å². The van der Waals surface area contributed by atoms with Gasteiger partial charge in [-0.15, -0.1) is 0 Å². The van der Waals surface area contributed by atoms with E-state index in [-0.39, 0.29) is 11.4 Å². The molecule has 1 fully saturated rings. The van der Waals surface area contributed by atoms with Crippen molar-refractivity contribution in [2.75, 3.05) is 39.5 Å². The second-order valence-corrected chi connectivity index (χ2v) is 6.93. The molecule has 1 aromatic rings. The summed E-state index contributed by atoms with van der Waals surface area (Å²) in [6.07, 6.45) is 4.40. The van der Waals surface area contributed by atoms with Crippen LogP contribution in [0.5, 0.6) is 5.75 Å². The molecule has 1 N–H and O–H groups in total. The van der Waals surface area contributed by atoms with Gasteiger partial charge in [0, 0.05) is 37.7 Å². The summed E-state index contributed by atoms with van der Waals surface area (Å²) in [5, 5.41) is 3.01. The zero-order valence-corrected chi connectivity index (χ0v) is 14.5. The topological polar surface area (TPSA) is 50.8 Å². The molecular weight excluding hydrogens is 304 g/mol. The molecule has 0 unspecified atom stereocenters. The molecule has 1 aromatic carbocycles. The maximum Gasteiger partial charge on any atom is 0.244 e. The molecule has 2 aliphatic rings. The number of nitrogens with one attached hydrogen (secondary N) is 1. The molecule has 0 aromatic heterocycles. The molecule has 0 saturated carbocycles. The molecule has 1 saturated heterocycles. The largest absolute Gasteiger partial charge is 0.493 e. The minimum Gasteiger partial charge on any atom is -0.493 e. The number of morpholine rings is 1. The smallest absolute Gasteiger partial charge is 0.244 e. The number of carbonyl (C=O) groups is 1. The monoisotopic (exact) mass is 330 g/mol. The third kappa shape index (κ3) is 4.16. The highest BCUT2D eigenvalue weighted by Crippen LogP contribution is 2.26. The minimum absolute atomic E-state index is 0.0620. The molecular formula is C19H26N2O3. The summed E-state index contributed by atoms with van der Waals surface area (Å²) in [6.45, 7) is 9.03. The average Bonchev–Trinajstić information content (AvgIpc) is 3.07. The van der Waals surface area contributed by atoms with Gasteiger partial charge in [0.25, 0.3) is 0 Å². The molecule has 0 aliphatic carbocycles. The summed E-state index contributed by atoms with van der Waals surface area (Å²) in [5.41, 5.74) is 2.17. The third-order valence-electron chi connectivity index (χ3n) is 4.70. The number of amides is 1. The number of ether oxygens (including phenoxy) is 2. The van der Waals surface area contributed by atoms with Gasteiger partial charge in [-0.05, 0) is 43.2 Å². The van der Waals surface area contributed by atoms with Crippen molar-refractivity contribution in [3.63, 3.8) is 0 Å². The Labute approximate surface area is 143 Å². The Bertz CT molecular complexity index is 619. The van der Waals surface area contributed by atoms with Crippen LogP contribution in [0.15, 0.2) is 24.3 Å².